The van der Waals surface area contributed by atoms with E-state index in [0.29, 0.717) is 17.3 Å². The molecular weight excluding hydrogens is 636 g/mol. The van der Waals surface area contributed by atoms with Gasteiger partial charge in [-0.1, -0.05) is 60.7 Å². The van der Waals surface area contributed by atoms with Crippen molar-refractivity contribution in [3.8, 4) is 5.75 Å². The van der Waals surface area contributed by atoms with Crippen LogP contribution in [0.15, 0.2) is 77.7 Å². The van der Waals surface area contributed by atoms with E-state index in [9.17, 15) is 9.59 Å². The number of halogens is 2. The Morgan fingerprint density at radius 2 is 1.55 bits per heavy atom. The van der Waals surface area contributed by atoms with Gasteiger partial charge in [-0.25, -0.2) is 0 Å². The standard InChI is InChI=1S/C24H17I2NO3S/c25-19-11-18(22(20(26)13-19)30-15-17-9-5-2-6-10-17)12-21-23(28)27(24(29)31-21)14-16-7-3-1-4-8-16/h1-13H,14-15H2/b21-12+. The fraction of sp³-hybridized carbons (Fsp3) is 0.0833. The molecule has 0 spiro atoms. The van der Waals surface area contributed by atoms with Crippen LogP contribution in [0.3, 0.4) is 0 Å². The van der Waals surface area contributed by atoms with E-state index in [1.165, 1.54) is 4.90 Å². The van der Waals surface area contributed by atoms with Gasteiger partial charge in [-0.15, -0.1) is 0 Å². The number of hydrogen-bond donors (Lipinski definition) is 0. The van der Waals surface area contributed by atoms with Gasteiger partial charge in [0.05, 0.1) is 15.0 Å². The highest BCUT2D eigenvalue weighted by molar-refractivity contribution is 14.1. The van der Waals surface area contributed by atoms with Crippen molar-refractivity contribution in [1.29, 1.82) is 0 Å². The van der Waals surface area contributed by atoms with Crippen LogP contribution in [0.4, 0.5) is 4.79 Å². The molecule has 2 amide bonds. The first kappa shape index (κ1) is 22.3. The number of carbonyl (C=O) groups is 2. The molecule has 3 aromatic rings. The molecule has 0 atom stereocenters. The zero-order valence-electron chi connectivity index (χ0n) is 16.3. The summed E-state index contributed by atoms with van der Waals surface area (Å²) in [4.78, 5) is 27.2. The Labute approximate surface area is 212 Å². The number of nitrogens with zero attached hydrogens (tertiary/aromatic N) is 1. The number of thioether (sulfide) groups is 1. The Morgan fingerprint density at radius 1 is 0.903 bits per heavy atom. The number of benzene rings is 3. The Hall–Kier alpha value is -1.85. The number of amides is 2. The van der Waals surface area contributed by atoms with Crippen LogP contribution in [-0.2, 0) is 17.9 Å². The lowest BCUT2D eigenvalue weighted by Gasteiger charge is -2.13. The molecule has 156 valence electrons. The van der Waals surface area contributed by atoms with Crippen molar-refractivity contribution < 1.29 is 14.3 Å². The lowest BCUT2D eigenvalue weighted by Crippen LogP contribution is -2.27. The Balaban J connectivity index is 1.60. The topological polar surface area (TPSA) is 46.6 Å². The summed E-state index contributed by atoms with van der Waals surface area (Å²) in [7, 11) is 0. The van der Waals surface area contributed by atoms with E-state index in [0.717, 1.165) is 35.6 Å². The summed E-state index contributed by atoms with van der Waals surface area (Å²) in [5.41, 5.74) is 2.77. The third-order valence-electron chi connectivity index (χ3n) is 4.61. The number of carbonyl (C=O) groups excluding carboxylic acids is 2. The fourth-order valence-electron chi connectivity index (χ4n) is 3.11. The second-order valence-electron chi connectivity index (χ2n) is 6.83. The van der Waals surface area contributed by atoms with E-state index < -0.39 is 0 Å². The maximum atomic E-state index is 13.0. The smallest absolute Gasteiger partial charge is 0.293 e. The van der Waals surface area contributed by atoms with Crippen LogP contribution >= 0.6 is 56.9 Å². The van der Waals surface area contributed by atoms with Crippen LogP contribution in [0.1, 0.15) is 16.7 Å². The van der Waals surface area contributed by atoms with Gasteiger partial charge in [0.15, 0.2) is 0 Å². The van der Waals surface area contributed by atoms with Crippen LogP contribution in [0, 0.1) is 7.14 Å². The van der Waals surface area contributed by atoms with E-state index >= 15 is 0 Å². The van der Waals surface area contributed by atoms with Crippen molar-refractivity contribution in [2.45, 2.75) is 13.2 Å². The highest BCUT2D eigenvalue weighted by Gasteiger charge is 2.35. The third-order valence-corrected chi connectivity index (χ3v) is 6.94. The monoisotopic (exact) mass is 653 g/mol. The molecule has 1 fully saturated rings. The van der Waals surface area contributed by atoms with E-state index in [-0.39, 0.29) is 17.7 Å². The molecule has 1 aliphatic rings. The van der Waals surface area contributed by atoms with E-state index in [1.54, 1.807) is 6.08 Å². The molecule has 7 heteroatoms. The van der Waals surface area contributed by atoms with Crippen molar-refractivity contribution in [2.75, 3.05) is 0 Å². The average Bonchev–Trinajstić information content (AvgIpc) is 3.02. The fourth-order valence-corrected chi connectivity index (χ4v) is 5.99. The first-order chi connectivity index (χ1) is 15.0. The van der Waals surface area contributed by atoms with Gasteiger partial charge in [0, 0.05) is 9.13 Å². The molecule has 4 rings (SSSR count). The summed E-state index contributed by atoms with van der Waals surface area (Å²) in [6, 6.07) is 23.4. The van der Waals surface area contributed by atoms with Crippen LogP contribution in [0.5, 0.6) is 5.75 Å². The van der Waals surface area contributed by atoms with Gasteiger partial charge in [-0.2, -0.15) is 0 Å². The first-order valence-electron chi connectivity index (χ1n) is 9.46. The van der Waals surface area contributed by atoms with Crippen molar-refractivity contribution >= 4 is 74.2 Å². The van der Waals surface area contributed by atoms with Crippen molar-refractivity contribution in [3.63, 3.8) is 0 Å². The Morgan fingerprint density at radius 3 is 2.23 bits per heavy atom. The number of rotatable bonds is 6. The maximum Gasteiger partial charge on any atom is 0.293 e. The first-order valence-corrected chi connectivity index (χ1v) is 12.4. The molecule has 0 N–H and O–H groups in total. The largest absolute Gasteiger partial charge is 0.487 e. The lowest BCUT2D eigenvalue weighted by atomic mass is 10.1. The molecule has 0 aliphatic carbocycles. The minimum Gasteiger partial charge on any atom is -0.487 e. The SMILES string of the molecule is O=C1S/C(=C/c2cc(I)cc(I)c2OCc2ccccc2)C(=O)N1Cc1ccccc1. The van der Waals surface area contributed by atoms with Crippen molar-refractivity contribution in [3.05, 3.63) is 102 Å². The summed E-state index contributed by atoms with van der Waals surface area (Å²) in [5.74, 6) is 0.432. The quantitative estimate of drug-likeness (QED) is 0.219. The Kier molecular flexibility index (Phi) is 7.34. The number of ether oxygens (including phenoxy) is 1. The molecule has 0 bridgehead atoms. The van der Waals surface area contributed by atoms with Gasteiger partial charge in [-0.3, -0.25) is 14.5 Å². The van der Waals surface area contributed by atoms with Gasteiger partial charge >= 0.3 is 0 Å². The van der Waals surface area contributed by atoms with Crippen LogP contribution in [0.2, 0.25) is 0 Å². The van der Waals surface area contributed by atoms with Crippen LogP contribution < -0.4 is 4.74 Å². The van der Waals surface area contributed by atoms with Crippen molar-refractivity contribution in [1.82, 2.24) is 4.90 Å². The maximum absolute atomic E-state index is 13.0. The summed E-state index contributed by atoms with van der Waals surface area (Å²) in [6.07, 6.45) is 1.76. The Bertz CT molecular complexity index is 1150. The van der Waals surface area contributed by atoms with Gasteiger partial charge in [0.1, 0.15) is 12.4 Å². The third kappa shape index (κ3) is 5.50. The average molecular weight is 653 g/mol. The molecule has 0 radical (unpaired) electrons. The lowest BCUT2D eigenvalue weighted by molar-refractivity contribution is -0.123. The molecule has 0 saturated carbocycles. The molecule has 1 aliphatic heterocycles. The van der Waals surface area contributed by atoms with Crippen molar-refractivity contribution in [2.24, 2.45) is 0 Å². The summed E-state index contributed by atoms with van der Waals surface area (Å²) >= 11 is 5.45. The number of imide groups is 1. The van der Waals surface area contributed by atoms with Gasteiger partial charge in [0.2, 0.25) is 0 Å². The van der Waals surface area contributed by atoms with Crippen LogP contribution in [-0.4, -0.2) is 16.0 Å². The number of hydrogen-bond acceptors (Lipinski definition) is 4. The minimum atomic E-state index is -0.276. The van der Waals surface area contributed by atoms with Gasteiger partial charge in [0.25, 0.3) is 11.1 Å². The molecule has 1 saturated heterocycles. The second kappa shape index (κ2) is 10.2. The zero-order chi connectivity index (χ0) is 21.8. The molecule has 0 aromatic heterocycles. The molecular formula is C24H17I2NO3S. The molecule has 0 unspecified atom stereocenters. The summed E-state index contributed by atoms with van der Waals surface area (Å²) in [6.45, 7) is 0.692. The van der Waals surface area contributed by atoms with E-state index in [1.807, 2.05) is 72.8 Å². The summed E-state index contributed by atoms with van der Waals surface area (Å²) < 4.78 is 8.11. The van der Waals surface area contributed by atoms with Crippen LogP contribution in [0.25, 0.3) is 6.08 Å². The normalized spacial score (nSPS) is 15.0. The second-order valence-corrected chi connectivity index (χ2v) is 10.2. The zero-order valence-corrected chi connectivity index (χ0v) is 21.4. The van der Waals surface area contributed by atoms with E-state index in [4.69, 9.17) is 4.74 Å². The molecule has 4 nitrogen and oxygen atoms in total. The highest BCUT2D eigenvalue weighted by Crippen LogP contribution is 2.37. The highest BCUT2D eigenvalue weighted by atomic mass is 127. The molecule has 3 aromatic carbocycles. The summed E-state index contributed by atoms with van der Waals surface area (Å²) in [5, 5.41) is -0.257. The van der Waals surface area contributed by atoms with Gasteiger partial charge in [-0.05, 0) is 86.3 Å². The van der Waals surface area contributed by atoms with Gasteiger partial charge < -0.3 is 4.74 Å². The molecule has 31 heavy (non-hydrogen) atoms. The predicted octanol–water partition coefficient (Wildman–Crippen LogP) is 6.71. The molecule has 1 heterocycles. The minimum absolute atomic E-state index is 0.257. The van der Waals surface area contributed by atoms with E-state index in [2.05, 4.69) is 45.2 Å². The predicted molar refractivity (Wildman–Crippen MR) is 141 cm³/mol.